The predicted octanol–water partition coefficient (Wildman–Crippen LogP) is 6.52. The predicted molar refractivity (Wildman–Crippen MR) is 145 cm³/mol. The molecule has 0 spiro atoms. The second kappa shape index (κ2) is 12.2. The van der Waals surface area contributed by atoms with Crippen LogP contribution >= 0.6 is 11.6 Å². The van der Waals surface area contributed by atoms with E-state index in [1.165, 1.54) is 73.2 Å². The summed E-state index contributed by atoms with van der Waals surface area (Å²) >= 11 is 6.34. The molecule has 1 amide bonds. The Balaban J connectivity index is 1.15. The highest BCUT2D eigenvalue weighted by Crippen LogP contribution is 2.38. The monoisotopic (exact) mass is 507 g/mol. The Morgan fingerprint density at radius 3 is 2.53 bits per heavy atom. The second-order valence-electron chi connectivity index (χ2n) is 10.4. The number of ether oxygens (including phenoxy) is 1. The van der Waals surface area contributed by atoms with E-state index in [2.05, 4.69) is 23.1 Å². The first-order chi connectivity index (χ1) is 17.7. The van der Waals surface area contributed by atoms with Gasteiger partial charge in [-0.3, -0.25) is 4.98 Å². The minimum Gasteiger partial charge on any atom is -0.449 e. The molecule has 192 valence electrons. The van der Waals surface area contributed by atoms with Crippen LogP contribution in [0, 0.1) is 0 Å². The van der Waals surface area contributed by atoms with Crippen LogP contribution in [0.1, 0.15) is 73.8 Å². The number of fused-ring (bicyclic) bond motifs is 2. The van der Waals surface area contributed by atoms with Crippen LogP contribution in [0.15, 0.2) is 42.1 Å². The van der Waals surface area contributed by atoms with Gasteiger partial charge < -0.3 is 14.5 Å². The van der Waals surface area contributed by atoms with Gasteiger partial charge >= 0.3 is 6.09 Å². The third-order valence-corrected chi connectivity index (χ3v) is 8.14. The summed E-state index contributed by atoms with van der Waals surface area (Å²) in [5, 5.41) is 0.779. The molecule has 0 saturated carbocycles. The molecule has 0 N–H and O–H groups in total. The van der Waals surface area contributed by atoms with E-state index in [9.17, 15) is 4.79 Å². The topological polar surface area (TPSA) is 45.7 Å². The van der Waals surface area contributed by atoms with Crippen molar-refractivity contribution in [3.63, 3.8) is 0 Å². The van der Waals surface area contributed by atoms with Crippen LogP contribution in [-0.4, -0.2) is 60.2 Å². The molecule has 5 rings (SSSR count). The molecule has 1 aromatic carbocycles. The molecule has 2 aromatic rings. The van der Waals surface area contributed by atoms with Crippen LogP contribution in [0.5, 0.6) is 0 Å². The van der Waals surface area contributed by atoms with Gasteiger partial charge in [0.25, 0.3) is 0 Å². The number of nitrogens with zero attached hydrogens (tertiary/aromatic N) is 3. The minimum atomic E-state index is -0.164. The lowest BCUT2D eigenvalue weighted by atomic mass is 9.88. The van der Waals surface area contributed by atoms with Crippen molar-refractivity contribution in [3.8, 4) is 0 Å². The fraction of sp³-hybridized carbons (Fsp3) is 0.533. The van der Waals surface area contributed by atoms with Gasteiger partial charge in [-0.1, -0.05) is 42.1 Å². The third kappa shape index (κ3) is 6.12. The van der Waals surface area contributed by atoms with Crippen molar-refractivity contribution >= 4 is 23.3 Å². The molecule has 6 heteroatoms. The first kappa shape index (κ1) is 25.3. The second-order valence-corrected chi connectivity index (χ2v) is 10.8. The van der Waals surface area contributed by atoms with Crippen molar-refractivity contribution in [3.05, 3.63) is 69.5 Å². The maximum atomic E-state index is 12.7. The molecule has 0 bridgehead atoms. The molecule has 5 nitrogen and oxygen atoms in total. The SMILES string of the molecule is O=C(OCCCCCCN1CCCC1)N1CCC(=C2c3ccc(Cl)cc3CCc3cccnc32)CC1. The highest BCUT2D eigenvalue weighted by molar-refractivity contribution is 6.30. The number of amides is 1. The van der Waals surface area contributed by atoms with E-state index in [1.54, 1.807) is 0 Å². The van der Waals surface area contributed by atoms with Crippen molar-refractivity contribution in [2.75, 3.05) is 39.3 Å². The summed E-state index contributed by atoms with van der Waals surface area (Å²) in [4.78, 5) is 21.9. The smallest absolute Gasteiger partial charge is 0.409 e. The molecule has 3 aliphatic rings. The Morgan fingerprint density at radius 1 is 0.917 bits per heavy atom. The zero-order valence-corrected chi connectivity index (χ0v) is 22.1. The van der Waals surface area contributed by atoms with E-state index >= 15 is 0 Å². The summed E-state index contributed by atoms with van der Waals surface area (Å²) in [6.45, 7) is 5.68. The lowest BCUT2D eigenvalue weighted by molar-refractivity contribution is 0.0978. The average Bonchev–Trinajstić information content (AvgIpc) is 3.37. The first-order valence-electron chi connectivity index (χ1n) is 13.8. The zero-order valence-electron chi connectivity index (χ0n) is 21.3. The Kier molecular flexibility index (Phi) is 8.60. The van der Waals surface area contributed by atoms with Crippen molar-refractivity contribution < 1.29 is 9.53 Å². The molecule has 0 atom stereocenters. The van der Waals surface area contributed by atoms with E-state index in [4.69, 9.17) is 21.3 Å². The van der Waals surface area contributed by atoms with Crippen LogP contribution in [0.2, 0.25) is 5.02 Å². The summed E-state index contributed by atoms with van der Waals surface area (Å²) in [5.74, 6) is 0. The molecule has 2 aliphatic heterocycles. The van der Waals surface area contributed by atoms with Crippen molar-refractivity contribution in [1.82, 2.24) is 14.8 Å². The number of carbonyl (C=O) groups is 1. The third-order valence-electron chi connectivity index (χ3n) is 7.90. The molecule has 1 aliphatic carbocycles. The first-order valence-corrected chi connectivity index (χ1v) is 14.2. The largest absolute Gasteiger partial charge is 0.449 e. The number of aromatic nitrogens is 1. The number of hydrogen-bond donors (Lipinski definition) is 0. The Bertz CT molecular complexity index is 1080. The highest BCUT2D eigenvalue weighted by atomic mass is 35.5. The average molecular weight is 508 g/mol. The number of rotatable bonds is 7. The molecule has 2 fully saturated rings. The van der Waals surface area contributed by atoms with Gasteiger partial charge in [-0.25, -0.2) is 4.79 Å². The number of pyridine rings is 1. The number of hydrogen-bond acceptors (Lipinski definition) is 4. The zero-order chi connectivity index (χ0) is 24.7. The molecular formula is C30H38ClN3O2. The van der Waals surface area contributed by atoms with Gasteiger partial charge in [0.1, 0.15) is 0 Å². The molecular weight excluding hydrogens is 470 g/mol. The van der Waals surface area contributed by atoms with E-state index in [0.717, 1.165) is 49.2 Å². The number of carbonyl (C=O) groups excluding carboxylic acids is 1. The van der Waals surface area contributed by atoms with Crippen LogP contribution < -0.4 is 0 Å². The van der Waals surface area contributed by atoms with E-state index in [0.29, 0.717) is 19.7 Å². The van der Waals surface area contributed by atoms with Crippen LogP contribution in [0.3, 0.4) is 0 Å². The molecule has 3 heterocycles. The van der Waals surface area contributed by atoms with E-state index < -0.39 is 0 Å². The number of piperidine rings is 1. The number of halogens is 1. The highest BCUT2D eigenvalue weighted by Gasteiger charge is 2.27. The van der Waals surface area contributed by atoms with Gasteiger partial charge in [0.05, 0.1) is 12.3 Å². The van der Waals surface area contributed by atoms with Crippen LogP contribution in [0.4, 0.5) is 4.79 Å². The number of likely N-dealkylation sites (tertiary alicyclic amines) is 2. The lowest BCUT2D eigenvalue weighted by Crippen LogP contribution is -2.37. The lowest BCUT2D eigenvalue weighted by Gasteiger charge is -2.29. The Morgan fingerprint density at radius 2 is 1.69 bits per heavy atom. The normalized spacial score (nSPS) is 18.1. The fourth-order valence-electron chi connectivity index (χ4n) is 5.89. The summed E-state index contributed by atoms with van der Waals surface area (Å²) in [7, 11) is 0. The summed E-state index contributed by atoms with van der Waals surface area (Å²) in [6.07, 6.45) is 12.6. The minimum absolute atomic E-state index is 0.164. The molecule has 36 heavy (non-hydrogen) atoms. The molecule has 0 radical (unpaired) electrons. The van der Waals surface area contributed by atoms with Gasteiger partial charge in [-0.15, -0.1) is 0 Å². The van der Waals surface area contributed by atoms with Crippen LogP contribution in [-0.2, 0) is 17.6 Å². The van der Waals surface area contributed by atoms with Gasteiger partial charge in [0, 0.05) is 29.9 Å². The Hall–Kier alpha value is -2.37. The number of aryl methyl sites for hydroxylation is 2. The van der Waals surface area contributed by atoms with Gasteiger partial charge in [0.2, 0.25) is 0 Å². The van der Waals surface area contributed by atoms with E-state index in [1.807, 2.05) is 23.2 Å². The van der Waals surface area contributed by atoms with Crippen LogP contribution in [0.25, 0.3) is 5.57 Å². The summed E-state index contributed by atoms with van der Waals surface area (Å²) in [5.41, 5.74) is 7.53. The quantitative estimate of drug-likeness (QED) is 0.400. The van der Waals surface area contributed by atoms with Gasteiger partial charge in [-0.05, 0) is 106 Å². The Labute approximate surface area is 220 Å². The van der Waals surface area contributed by atoms with Gasteiger partial charge in [0.15, 0.2) is 0 Å². The van der Waals surface area contributed by atoms with Gasteiger partial charge in [-0.2, -0.15) is 0 Å². The molecule has 0 unspecified atom stereocenters. The number of unbranched alkanes of at least 4 members (excludes halogenated alkanes) is 3. The van der Waals surface area contributed by atoms with Crippen molar-refractivity contribution in [2.45, 2.75) is 64.2 Å². The summed E-state index contributed by atoms with van der Waals surface area (Å²) < 4.78 is 5.62. The van der Waals surface area contributed by atoms with Crippen molar-refractivity contribution in [1.29, 1.82) is 0 Å². The maximum Gasteiger partial charge on any atom is 0.409 e. The fourth-order valence-corrected chi connectivity index (χ4v) is 6.09. The molecule has 2 saturated heterocycles. The van der Waals surface area contributed by atoms with Crippen molar-refractivity contribution in [2.24, 2.45) is 0 Å². The standard InChI is InChI=1S/C30H38ClN3O2/c31-26-11-12-27-25(22-26)10-9-24-8-7-15-32-29(24)28(27)23-13-19-34(20-14-23)30(35)36-21-6-2-1-3-16-33-17-4-5-18-33/h7-8,11-12,15,22H,1-6,9-10,13-14,16-21H2. The molecule has 1 aromatic heterocycles. The maximum absolute atomic E-state index is 12.7. The van der Waals surface area contributed by atoms with E-state index in [-0.39, 0.29) is 6.09 Å². The number of benzene rings is 1. The summed E-state index contributed by atoms with van der Waals surface area (Å²) in [6, 6.07) is 10.4.